The highest BCUT2D eigenvalue weighted by atomic mass is 16.5. The predicted octanol–water partition coefficient (Wildman–Crippen LogP) is 4.20. The third-order valence-corrected chi connectivity index (χ3v) is 6.21. The highest BCUT2D eigenvalue weighted by Crippen LogP contribution is 2.44. The first-order valence-electron chi connectivity index (χ1n) is 11.0. The second-order valence-electron chi connectivity index (χ2n) is 8.02. The summed E-state index contributed by atoms with van der Waals surface area (Å²) in [4.78, 5) is 27.7. The van der Waals surface area contributed by atoms with Gasteiger partial charge in [-0.2, -0.15) is 5.26 Å². The molecule has 0 amide bonds. The van der Waals surface area contributed by atoms with Crippen molar-refractivity contribution in [3.8, 4) is 6.07 Å². The number of hydrogen-bond acceptors (Lipinski definition) is 8. The fourth-order valence-electron chi connectivity index (χ4n) is 4.52. The molecule has 1 aliphatic rings. The van der Waals surface area contributed by atoms with Crippen LogP contribution >= 0.6 is 0 Å². The van der Waals surface area contributed by atoms with Crippen LogP contribution < -0.4 is 10.6 Å². The Bertz CT molecular complexity index is 1430. The van der Waals surface area contributed by atoms with Gasteiger partial charge in [-0.1, -0.05) is 37.3 Å². The van der Waals surface area contributed by atoms with Crippen molar-refractivity contribution in [2.45, 2.75) is 26.2 Å². The lowest BCUT2D eigenvalue weighted by Gasteiger charge is -2.35. The van der Waals surface area contributed by atoms with Crippen LogP contribution in [0.15, 0.2) is 75.6 Å². The lowest BCUT2D eigenvalue weighted by Crippen LogP contribution is -2.40. The van der Waals surface area contributed by atoms with Crippen molar-refractivity contribution in [1.82, 2.24) is 0 Å². The molecular weight excluding hydrogens is 446 g/mol. The molecule has 1 aliphatic heterocycles. The van der Waals surface area contributed by atoms with Crippen LogP contribution in [0.3, 0.4) is 0 Å². The molecule has 0 fully saturated rings. The number of esters is 2. The Morgan fingerprint density at radius 3 is 2.40 bits per heavy atom. The van der Waals surface area contributed by atoms with Crippen LogP contribution in [0.5, 0.6) is 0 Å². The molecule has 0 saturated carbocycles. The van der Waals surface area contributed by atoms with Gasteiger partial charge in [-0.15, -0.1) is 0 Å². The van der Waals surface area contributed by atoms with Gasteiger partial charge in [-0.25, -0.2) is 9.59 Å². The van der Waals surface area contributed by atoms with Gasteiger partial charge < -0.3 is 19.6 Å². The summed E-state index contributed by atoms with van der Waals surface area (Å²) in [7, 11) is 2.44. The molecule has 4 rings (SSSR count). The second kappa shape index (κ2) is 9.39. The number of aryl methyl sites for hydroxylation is 2. The molecule has 8 nitrogen and oxygen atoms in total. The number of nitrogens with two attached hydrogens (primary N) is 1. The van der Waals surface area contributed by atoms with E-state index in [0.29, 0.717) is 16.8 Å². The number of fused-ring (bicyclic) bond motifs is 1. The van der Waals surface area contributed by atoms with E-state index in [2.05, 4.69) is 6.07 Å². The molecule has 2 aromatic carbocycles. The summed E-state index contributed by atoms with van der Waals surface area (Å²) in [6.45, 7) is 3.95. The maximum Gasteiger partial charge on any atom is 0.355 e. The summed E-state index contributed by atoms with van der Waals surface area (Å²) in [6, 6.07) is 16.3. The Kier molecular flexibility index (Phi) is 6.34. The molecule has 3 aromatic rings. The van der Waals surface area contributed by atoms with Gasteiger partial charge in [0.15, 0.2) is 0 Å². The molecule has 2 N–H and O–H groups in total. The number of anilines is 1. The van der Waals surface area contributed by atoms with E-state index in [1.54, 1.807) is 36.4 Å². The van der Waals surface area contributed by atoms with Crippen molar-refractivity contribution in [3.63, 3.8) is 0 Å². The summed E-state index contributed by atoms with van der Waals surface area (Å²) < 4.78 is 16.1. The van der Waals surface area contributed by atoms with E-state index in [1.807, 2.05) is 26.0 Å². The Morgan fingerprint density at radius 2 is 1.80 bits per heavy atom. The normalized spacial score (nSPS) is 15.9. The molecule has 0 spiro atoms. The van der Waals surface area contributed by atoms with Crippen molar-refractivity contribution in [3.05, 3.63) is 88.1 Å². The predicted molar refractivity (Wildman–Crippen MR) is 130 cm³/mol. The molecule has 0 bridgehead atoms. The third kappa shape index (κ3) is 3.81. The average molecular weight is 472 g/mol. The Morgan fingerprint density at radius 1 is 1.11 bits per heavy atom. The smallest absolute Gasteiger partial charge is 0.355 e. The number of methoxy groups -OCH3 is 2. The van der Waals surface area contributed by atoms with E-state index in [4.69, 9.17) is 19.6 Å². The van der Waals surface area contributed by atoms with E-state index < -0.39 is 17.9 Å². The number of furan rings is 1. The first-order chi connectivity index (χ1) is 16.9. The molecule has 1 unspecified atom stereocenters. The number of hydrogen-bond donors (Lipinski definition) is 1. The molecule has 1 atom stereocenters. The Balaban J connectivity index is 2.06. The minimum Gasteiger partial charge on any atom is -0.466 e. The molecule has 1 aromatic heterocycles. The number of nitrogens with zero attached hydrogens (tertiary/aromatic N) is 2. The zero-order valence-electron chi connectivity index (χ0n) is 19.9. The largest absolute Gasteiger partial charge is 0.466 e. The Hall–Kier alpha value is -4.51. The van der Waals surface area contributed by atoms with Gasteiger partial charge in [0, 0.05) is 17.5 Å². The van der Waals surface area contributed by atoms with Crippen molar-refractivity contribution < 1.29 is 23.5 Å². The van der Waals surface area contributed by atoms with Gasteiger partial charge in [0.25, 0.3) is 0 Å². The first-order valence-corrected chi connectivity index (χ1v) is 11.0. The standard InChI is InChI=1S/C27H25N3O5/c1-5-20-15(2)18-13-17(11-12-21(18)35-20)30-24(27(32)34-4)23(26(31)33-3)22(19(14-28)25(30)29)16-9-7-6-8-10-16/h6-13,22H,5,29H2,1-4H3. The van der Waals surface area contributed by atoms with Crippen LogP contribution in [0.25, 0.3) is 11.0 Å². The van der Waals surface area contributed by atoms with Crippen LogP contribution in [0.1, 0.15) is 29.7 Å². The van der Waals surface area contributed by atoms with E-state index in [9.17, 15) is 14.9 Å². The first kappa shape index (κ1) is 23.6. The van der Waals surface area contributed by atoms with Gasteiger partial charge in [0.05, 0.1) is 37.4 Å². The van der Waals surface area contributed by atoms with Gasteiger partial charge in [-0.05, 0) is 36.2 Å². The molecule has 2 heterocycles. The molecule has 0 saturated heterocycles. The molecule has 178 valence electrons. The van der Waals surface area contributed by atoms with E-state index in [0.717, 1.165) is 23.1 Å². The number of nitriles is 1. The Labute approximate surface area is 202 Å². The lowest BCUT2D eigenvalue weighted by molar-refractivity contribution is -0.139. The number of carbonyl (C=O) groups excluding carboxylic acids is 2. The molecule has 0 aliphatic carbocycles. The van der Waals surface area contributed by atoms with Gasteiger partial charge in [0.1, 0.15) is 22.9 Å². The topological polar surface area (TPSA) is 119 Å². The number of carbonyl (C=O) groups is 2. The quantitative estimate of drug-likeness (QED) is 0.550. The maximum absolute atomic E-state index is 13.2. The van der Waals surface area contributed by atoms with Crippen molar-refractivity contribution in [1.29, 1.82) is 5.26 Å². The number of benzene rings is 2. The van der Waals surface area contributed by atoms with Crippen molar-refractivity contribution >= 4 is 28.6 Å². The van der Waals surface area contributed by atoms with E-state index >= 15 is 0 Å². The summed E-state index contributed by atoms with van der Waals surface area (Å²) in [5.74, 6) is -1.60. The summed E-state index contributed by atoms with van der Waals surface area (Å²) in [5.41, 5.74) is 9.26. The van der Waals surface area contributed by atoms with Crippen molar-refractivity contribution in [2.24, 2.45) is 5.73 Å². The van der Waals surface area contributed by atoms with Crippen LogP contribution in [0.2, 0.25) is 0 Å². The molecule has 35 heavy (non-hydrogen) atoms. The molecule has 8 heteroatoms. The third-order valence-electron chi connectivity index (χ3n) is 6.21. The monoisotopic (exact) mass is 471 g/mol. The second-order valence-corrected chi connectivity index (χ2v) is 8.02. The fraction of sp³-hybridized carbons (Fsp3) is 0.222. The number of ether oxygens (including phenoxy) is 2. The van der Waals surface area contributed by atoms with Crippen LogP contribution in [0.4, 0.5) is 5.69 Å². The SMILES string of the molecule is CCc1oc2ccc(N3C(N)=C(C#N)C(c4ccccc4)C(C(=O)OC)=C3C(=O)OC)cc2c1C. The van der Waals surface area contributed by atoms with Crippen LogP contribution in [0, 0.1) is 18.3 Å². The van der Waals surface area contributed by atoms with Gasteiger partial charge >= 0.3 is 11.9 Å². The van der Waals surface area contributed by atoms with Gasteiger partial charge in [0.2, 0.25) is 0 Å². The summed E-state index contributed by atoms with van der Waals surface area (Å²) in [5, 5.41) is 11.0. The maximum atomic E-state index is 13.2. The van der Waals surface area contributed by atoms with Crippen LogP contribution in [-0.2, 0) is 25.5 Å². The number of rotatable bonds is 5. The summed E-state index contributed by atoms with van der Waals surface area (Å²) >= 11 is 0. The molecular formula is C27H25N3O5. The fourth-order valence-corrected chi connectivity index (χ4v) is 4.52. The lowest BCUT2D eigenvalue weighted by atomic mass is 9.81. The van der Waals surface area contributed by atoms with Gasteiger partial charge in [-0.3, -0.25) is 4.90 Å². The molecule has 0 radical (unpaired) electrons. The average Bonchev–Trinajstić information content (AvgIpc) is 3.22. The highest BCUT2D eigenvalue weighted by molar-refractivity contribution is 6.06. The minimum absolute atomic E-state index is 0.0191. The zero-order chi connectivity index (χ0) is 25.3. The highest BCUT2D eigenvalue weighted by Gasteiger charge is 2.43. The van der Waals surface area contributed by atoms with Crippen LogP contribution in [-0.4, -0.2) is 26.2 Å². The minimum atomic E-state index is -0.912. The van der Waals surface area contributed by atoms with E-state index in [-0.39, 0.29) is 22.7 Å². The van der Waals surface area contributed by atoms with Crippen molar-refractivity contribution in [2.75, 3.05) is 19.1 Å². The number of allylic oxidation sites excluding steroid dienone is 1. The zero-order valence-corrected chi connectivity index (χ0v) is 19.9. The summed E-state index contributed by atoms with van der Waals surface area (Å²) in [6.07, 6.45) is 0.721. The van der Waals surface area contributed by atoms with E-state index in [1.165, 1.54) is 19.1 Å².